The van der Waals surface area contributed by atoms with Gasteiger partial charge in [-0.3, -0.25) is 4.98 Å². The SMILES string of the molecule is c1cncc([C@H]2OCC[C@@H]2NCc2cnn3ccccc23)c1. The predicted octanol–water partition coefficient (Wildman–Crippen LogP) is 2.35. The fraction of sp³-hybridized carbons (Fsp3) is 0.294. The van der Waals surface area contributed by atoms with Gasteiger partial charge in [0.2, 0.25) is 0 Å². The van der Waals surface area contributed by atoms with Crippen molar-refractivity contribution in [2.75, 3.05) is 6.61 Å². The van der Waals surface area contributed by atoms with Crippen molar-refractivity contribution in [3.63, 3.8) is 0 Å². The summed E-state index contributed by atoms with van der Waals surface area (Å²) in [6.45, 7) is 1.57. The zero-order chi connectivity index (χ0) is 14.8. The number of ether oxygens (including phenoxy) is 1. The molecule has 5 heteroatoms. The van der Waals surface area contributed by atoms with E-state index in [1.54, 1.807) is 6.20 Å². The molecular weight excluding hydrogens is 276 g/mol. The van der Waals surface area contributed by atoms with Gasteiger partial charge < -0.3 is 10.1 Å². The van der Waals surface area contributed by atoms with E-state index in [0.29, 0.717) is 6.04 Å². The van der Waals surface area contributed by atoms with Crippen LogP contribution in [0.4, 0.5) is 0 Å². The van der Waals surface area contributed by atoms with Gasteiger partial charge in [0.1, 0.15) is 0 Å². The third-order valence-corrected chi connectivity index (χ3v) is 4.17. The maximum absolute atomic E-state index is 5.89. The summed E-state index contributed by atoms with van der Waals surface area (Å²) in [5.41, 5.74) is 3.49. The van der Waals surface area contributed by atoms with Crippen LogP contribution in [0.1, 0.15) is 23.7 Å². The lowest BCUT2D eigenvalue weighted by molar-refractivity contribution is 0.0982. The summed E-state index contributed by atoms with van der Waals surface area (Å²) in [7, 11) is 0. The Morgan fingerprint density at radius 2 is 2.23 bits per heavy atom. The van der Waals surface area contributed by atoms with E-state index in [2.05, 4.69) is 27.5 Å². The molecule has 1 N–H and O–H groups in total. The Labute approximate surface area is 128 Å². The highest BCUT2D eigenvalue weighted by atomic mass is 16.5. The Hall–Kier alpha value is -2.24. The smallest absolute Gasteiger partial charge is 0.0993 e. The minimum Gasteiger partial charge on any atom is -0.372 e. The molecular formula is C17H18N4O. The summed E-state index contributed by atoms with van der Waals surface area (Å²) < 4.78 is 7.79. The van der Waals surface area contributed by atoms with E-state index in [9.17, 15) is 0 Å². The zero-order valence-electron chi connectivity index (χ0n) is 12.2. The number of rotatable bonds is 4. The Bertz CT molecular complexity index is 755. The van der Waals surface area contributed by atoms with Crippen LogP contribution in [0.5, 0.6) is 0 Å². The molecule has 0 aromatic carbocycles. The van der Waals surface area contributed by atoms with E-state index in [0.717, 1.165) is 30.7 Å². The summed E-state index contributed by atoms with van der Waals surface area (Å²) in [5.74, 6) is 0. The van der Waals surface area contributed by atoms with E-state index < -0.39 is 0 Å². The van der Waals surface area contributed by atoms with Crippen LogP contribution in [0.25, 0.3) is 5.52 Å². The van der Waals surface area contributed by atoms with Gasteiger partial charge in [0.15, 0.2) is 0 Å². The molecule has 112 valence electrons. The molecule has 5 nitrogen and oxygen atoms in total. The number of nitrogens with one attached hydrogen (secondary N) is 1. The molecule has 1 saturated heterocycles. The molecule has 4 rings (SSSR count). The van der Waals surface area contributed by atoms with Crippen molar-refractivity contribution in [3.05, 3.63) is 66.2 Å². The molecule has 22 heavy (non-hydrogen) atoms. The number of nitrogens with zero attached hydrogens (tertiary/aromatic N) is 3. The lowest BCUT2D eigenvalue weighted by Gasteiger charge is -2.19. The summed E-state index contributed by atoms with van der Waals surface area (Å²) in [5, 5.41) is 8.00. The van der Waals surface area contributed by atoms with Crippen molar-refractivity contribution < 1.29 is 4.74 Å². The molecule has 4 heterocycles. The lowest BCUT2D eigenvalue weighted by atomic mass is 10.0. The van der Waals surface area contributed by atoms with Crippen molar-refractivity contribution >= 4 is 5.52 Å². The molecule has 0 unspecified atom stereocenters. The molecule has 0 radical (unpaired) electrons. The van der Waals surface area contributed by atoms with Crippen molar-refractivity contribution in [1.29, 1.82) is 0 Å². The molecule has 2 atom stereocenters. The number of aromatic nitrogens is 3. The Kier molecular flexibility index (Phi) is 3.58. The van der Waals surface area contributed by atoms with Crippen LogP contribution in [-0.2, 0) is 11.3 Å². The van der Waals surface area contributed by atoms with Gasteiger partial charge in [-0.15, -0.1) is 0 Å². The Morgan fingerprint density at radius 1 is 1.23 bits per heavy atom. The van der Waals surface area contributed by atoms with Crippen molar-refractivity contribution in [2.45, 2.75) is 25.1 Å². The van der Waals surface area contributed by atoms with Gasteiger partial charge >= 0.3 is 0 Å². The maximum Gasteiger partial charge on any atom is 0.0993 e. The van der Waals surface area contributed by atoms with E-state index in [-0.39, 0.29) is 6.10 Å². The highest BCUT2D eigenvalue weighted by molar-refractivity contribution is 5.53. The second-order valence-electron chi connectivity index (χ2n) is 5.55. The molecule has 3 aromatic heterocycles. The third-order valence-electron chi connectivity index (χ3n) is 4.17. The van der Waals surface area contributed by atoms with E-state index in [1.807, 2.05) is 41.3 Å². The van der Waals surface area contributed by atoms with Gasteiger partial charge in [0, 0.05) is 48.9 Å². The molecule has 3 aromatic rings. The second kappa shape index (κ2) is 5.87. The van der Waals surface area contributed by atoms with Gasteiger partial charge in [-0.05, 0) is 24.6 Å². The molecule has 1 aliphatic rings. The summed E-state index contributed by atoms with van der Waals surface area (Å²) in [4.78, 5) is 4.19. The van der Waals surface area contributed by atoms with Crippen LogP contribution >= 0.6 is 0 Å². The highest BCUT2D eigenvalue weighted by Gasteiger charge is 2.29. The first-order valence-electron chi connectivity index (χ1n) is 7.58. The first kappa shape index (κ1) is 13.4. The first-order chi connectivity index (χ1) is 10.9. The maximum atomic E-state index is 5.89. The molecule has 0 amide bonds. The average molecular weight is 294 g/mol. The predicted molar refractivity (Wildman–Crippen MR) is 83.4 cm³/mol. The molecule has 0 saturated carbocycles. The molecule has 1 aliphatic heterocycles. The van der Waals surface area contributed by atoms with Crippen molar-refractivity contribution in [1.82, 2.24) is 19.9 Å². The van der Waals surface area contributed by atoms with Crippen LogP contribution in [0, 0.1) is 0 Å². The largest absolute Gasteiger partial charge is 0.372 e. The topological polar surface area (TPSA) is 51.5 Å². The molecule has 1 fully saturated rings. The second-order valence-corrected chi connectivity index (χ2v) is 5.55. The van der Waals surface area contributed by atoms with Gasteiger partial charge in [0.25, 0.3) is 0 Å². The van der Waals surface area contributed by atoms with Crippen LogP contribution < -0.4 is 5.32 Å². The van der Waals surface area contributed by atoms with Crippen molar-refractivity contribution in [3.8, 4) is 0 Å². The fourth-order valence-electron chi connectivity index (χ4n) is 3.04. The first-order valence-corrected chi connectivity index (χ1v) is 7.58. The van der Waals surface area contributed by atoms with Crippen LogP contribution in [-0.4, -0.2) is 27.2 Å². The van der Waals surface area contributed by atoms with Crippen LogP contribution in [0.2, 0.25) is 0 Å². The minimum atomic E-state index is 0.0792. The summed E-state index contributed by atoms with van der Waals surface area (Å²) >= 11 is 0. The van der Waals surface area contributed by atoms with Crippen LogP contribution in [0.15, 0.2) is 55.1 Å². The standard InChI is InChI=1S/C17H18N4O/c1-2-8-21-16(5-1)14(12-20-21)11-19-15-6-9-22-17(15)13-4-3-7-18-10-13/h1-5,7-8,10,12,15,17,19H,6,9,11H2/t15-,17+/m0/s1. The number of pyridine rings is 2. The van der Waals surface area contributed by atoms with Crippen LogP contribution in [0.3, 0.4) is 0 Å². The van der Waals surface area contributed by atoms with Gasteiger partial charge in [-0.2, -0.15) is 5.10 Å². The highest BCUT2D eigenvalue weighted by Crippen LogP contribution is 2.28. The van der Waals surface area contributed by atoms with E-state index in [4.69, 9.17) is 4.74 Å². The van der Waals surface area contributed by atoms with E-state index in [1.165, 1.54) is 5.56 Å². The normalized spacial score (nSPS) is 21.5. The third kappa shape index (κ3) is 2.49. The fourth-order valence-corrected chi connectivity index (χ4v) is 3.04. The minimum absolute atomic E-state index is 0.0792. The van der Waals surface area contributed by atoms with Gasteiger partial charge in [-0.1, -0.05) is 12.1 Å². The molecule has 0 aliphatic carbocycles. The quantitative estimate of drug-likeness (QED) is 0.802. The Morgan fingerprint density at radius 3 is 3.14 bits per heavy atom. The monoisotopic (exact) mass is 294 g/mol. The van der Waals surface area contributed by atoms with Gasteiger partial charge in [-0.25, -0.2) is 4.52 Å². The zero-order valence-corrected chi connectivity index (χ0v) is 12.2. The van der Waals surface area contributed by atoms with Gasteiger partial charge in [0.05, 0.1) is 17.8 Å². The van der Waals surface area contributed by atoms with E-state index >= 15 is 0 Å². The molecule has 0 spiro atoms. The average Bonchev–Trinajstić information content (AvgIpc) is 3.20. The summed E-state index contributed by atoms with van der Waals surface area (Å²) in [6, 6.07) is 10.5. The number of hydrogen-bond donors (Lipinski definition) is 1. The molecule has 0 bridgehead atoms. The van der Waals surface area contributed by atoms with Crippen molar-refractivity contribution in [2.24, 2.45) is 0 Å². The Balaban J connectivity index is 1.49. The number of hydrogen-bond acceptors (Lipinski definition) is 4. The summed E-state index contributed by atoms with van der Waals surface area (Å²) in [6.07, 6.45) is 8.67. The number of fused-ring (bicyclic) bond motifs is 1. The lowest BCUT2D eigenvalue weighted by Crippen LogP contribution is -2.31.